The fraction of sp³-hybridized carbons (Fsp3) is 0.0455. The number of aryl methyl sites for hydroxylation is 1. The monoisotopic (exact) mass is 467 g/mol. The second-order valence-corrected chi connectivity index (χ2v) is 7.59. The molecule has 0 saturated carbocycles. The zero-order valence-electron chi connectivity index (χ0n) is 14.6. The number of ketones is 2. The van der Waals surface area contributed by atoms with Crippen LogP contribution in [0.2, 0.25) is 0 Å². The molecule has 1 aliphatic rings. The summed E-state index contributed by atoms with van der Waals surface area (Å²) in [5, 5.41) is 3.18. The van der Waals surface area contributed by atoms with E-state index in [1.165, 1.54) is 0 Å². The second-order valence-electron chi connectivity index (χ2n) is 6.34. The van der Waals surface area contributed by atoms with Crippen molar-refractivity contribution in [1.82, 2.24) is 0 Å². The lowest BCUT2D eigenvalue weighted by Crippen LogP contribution is -2.42. The number of anilines is 1. The Labute approximate surface area is 170 Å². The molecule has 4 nitrogen and oxygen atoms in total. The quantitative estimate of drug-likeness (QED) is 0.463. The molecule has 0 bridgehead atoms. The van der Waals surface area contributed by atoms with Crippen molar-refractivity contribution in [2.75, 3.05) is 5.32 Å². The summed E-state index contributed by atoms with van der Waals surface area (Å²) in [6.45, 7) is 1.98. The van der Waals surface area contributed by atoms with Crippen LogP contribution in [-0.4, -0.2) is 11.6 Å². The van der Waals surface area contributed by atoms with Crippen molar-refractivity contribution in [2.45, 2.75) is 6.92 Å². The number of nitrogens with zero attached hydrogens (tertiary/aromatic N) is 1. The van der Waals surface area contributed by atoms with Crippen LogP contribution >= 0.6 is 22.6 Å². The number of halogens is 1. The highest BCUT2D eigenvalue weighted by molar-refractivity contribution is 14.1. The van der Waals surface area contributed by atoms with Crippen molar-refractivity contribution in [2.24, 2.45) is 0 Å². The summed E-state index contributed by atoms with van der Waals surface area (Å²) < 4.78 is 2.80. The van der Waals surface area contributed by atoms with Gasteiger partial charge in [0.25, 0.3) is 11.5 Å². The lowest BCUT2D eigenvalue weighted by atomic mass is 9.90. The third kappa shape index (κ3) is 3.30. The number of hydrogen-bond donors (Lipinski definition) is 1. The molecule has 0 radical (unpaired) electrons. The fourth-order valence-corrected chi connectivity index (χ4v) is 3.41. The van der Waals surface area contributed by atoms with Crippen LogP contribution in [-0.2, 0) is 0 Å². The predicted molar refractivity (Wildman–Crippen MR) is 112 cm³/mol. The lowest BCUT2D eigenvalue weighted by Gasteiger charge is -2.18. The number of rotatable bonds is 3. The van der Waals surface area contributed by atoms with Crippen molar-refractivity contribution >= 4 is 45.5 Å². The van der Waals surface area contributed by atoms with E-state index < -0.39 is 0 Å². The Bertz CT molecular complexity index is 1080. The van der Waals surface area contributed by atoms with Gasteiger partial charge in [0.2, 0.25) is 5.78 Å². The molecular weight excluding hydrogens is 451 g/mol. The Balaban J connectivity index is 1.90. The van der Waals surface area contributed by atoms with Gasteiger partial charge in [-0.25, -0.2) is 0 Å². The first-order valence-corrected chi connectivity index (χ1v) is 9.56. The van der Waals surface area contributed by atoms with Crippen molar-refractivity contribution in [3.63, 3.8) is 0 Å². The molecule has 2 aromatic carbocycles. The summed E-state index contributed by atoms with van der Waals surface area (Å²) in [6.07, 6.45) is 3.61. The Kier molecular flexibility index (Phi) is 4.61. The second kappa shape index (κ2) is 7.08. The number of hydrogen-bond acceptors (Lipinski definition) is 3. The molecule has 0 fully saturated rings. The summed E-state index contributed by atoms with van der Waals surface area (Å²) in [7, 11) is 0. The van der Waals surface area contributed by atoms with Crippen molar-refractivity contribution in [3.8, 4) is 0 Å². The first-order chi connectivity index (χ1) is 13.0. The highest BCUT2D eigenvalue weighted by atomic mass is 127. The molecule has 1 N–H and O–H groups in total. The topological polar surface area (TPSA) is 50.1 Å². The molecule has 4 rings (SSSR count). The van der Waals surface area contributed by atoms with E-state index >= 15 is 0 Å². The molecule has 0 amide bonds. The van der Waals surface area contributed by atoms with Gasteiger partial charge in [0.15, 0.2) is 18.1 Å². The van der Waals surface area contributed by atoms with Crippen LogP contribution in [0, 0.1) is 10.5 Å². The largest absolute Gasteiger partial charge is 0.347 e. The predicted octanol–water partition coefficient (Wildman–Crippen LogP) is 4.25. The molecule has 0 unspecified atom stereocenters. The SMILES string of the molecule is Cc1cc[n+](C2=C(Nc3ccc(I)cc3)C(=O)c3ccccc3C2=O)cc1. The number of pyridine rings is 1. The Morgan fingerprint density at radius 3 is 2.04 bits per heavy atom. The molecule has 0 saturated heterocycles. The van der Waals surface area contributed by atoms with E-state index in [4.69, 9.17) is 0 Å². The average Bonchev–Trinajstić information content (AvgIpc) is 2.69. The van der Waals surface area contributed by atoms with E-state index in [-0.39, 0.29) is 17.3 Å². The van der Waals surface area contributed by atoms with Gasteiger partial charge in [-0.3, -0.25) is 9.59 Å². The number of fused-ring (bicyclic) bond motifs is 1. The summed E-state index contributed by atoms with van der Waals surface area (Å²) in [4.78, 5) is 26.4. The van der Waals surface area contributed by atoms with Crippen molar-refractivity contribution in [3.05, 3.63) is 99.0 Å². The van der Waals surface area contributed by atoms with E-state index in [1.54, 1.807) is 41.2 Å². The molecule has 0 spiro atoms. The van der Waals surface area contributed by atoms with Crippen LogP contribution in [0.15, 0.2) is 78.8 Å². The van der Waals surface area contributed by atoms with E-state index in [0.717, 1.165) is 14.8 Å². The lowest BCUT2D eigenvalue weighted by molar-refractivity contribution is -0.577. The smallest absolute Gasteiger partial charge is 0.286 e. The van der Waals surface area contributed by atoms with Gasteiger partial charge in [-0.15, -0.1) is 0 Å². The maximum atomic E-state index is 13.2. The Morgan fingerprint density at radius 2 is 1.41 bits per heavy atom. The third-order valence-electron chi connectivity index (χ3n) is 4.46. The number of benzene rings is 2. The summed E-state index contributed by atoms with van der Waals surface area (Å²) in [5.74, 6) is -0.362. The molecule has 3 aromatic rings. The number of Topliss-reactive ketones (excluding diaryl/α,β-unsaturated/α-hetero) is 2. The normalized spacial score (nSPS) is 13.6. The molecule has 1 aliphatic carbocycles. The van der Waals surface area contributed by atoms with E-state index in [2.05, 4.69) is 27.9 Å². The number of nitrogens with one attached hydrogen (secondary N) is 1. The Hall–Kier alpha value is -2.80. The van der Waals surface area contributed by atoms with Gasteiger partial charge in [0.1, 0.15) is 0 Å². The molecule has 27 heavy (non-hydrogen) atoms. The minimum absolute atomic E-state index is 0.174. The van der Waals surface area contributed by atoms with E-state index in [9.17, 15) is 9.59 Å². The first-order valence-electron chi connectivity index (χ1n) is 8.48. The Morgan fingerprint density at radius 1 is 0.815 bits per heavy atom. The van der Waals surface area contributed by atoms with Crippen LogP contribution in [0.4, 0.5) is 5.69 Å². The molecule has 1 heterocycles. The molecule has 132 valence electrons. The maximum Gasteiger partial charge on any atom is 0.286 e. The summed E-state index contributed by atoms with van der Waals surface area (Å²) in [6, 6.07) is 18.5. The van der Waals surface area contributed by atoms with E-state index in [0.29, 0.717) is 16.8 Å². The average molecular weight is 467 g/mol. The van der Waals surface area contributed by atoms with Crippen LogP contribution in [0.1, 0.15) is 26.3 Å². The number of carbonyl (C=O) groups is 2. The van der Waals surface area contributed by atoms with Crippen LogP contribution in [0.25, 0.3) is 5.70 Å². The van der Waals surface area contributed by atoms with Gasteiger partial charge in [-0.05, 0) is 59.3 Å². The van der Waals surface area contributed by atoms with Gasteiger partial charge in [0.05, 0.1) is 0 Å². The first kappa shape index (κ1) is 17.6. The van der Waals surface area contributed by atoms with Crippen LogP contribution < -0.4 is 9.88 Å². The highest BCUT2D eigenvalue weighted by Crippen LogP contribution is 2.27. The minimum Gasteiger partial charge on any atom is -0.347 e. The maximum absolute atomic E-state index is 13.2. The van der Waals surface area contributed by atoms with Crippen LogP contribution in [0.3, 0.4) is 0 Å². The van der Waals surface area contributed by atoms with Gasteiger partial charge < -0.3 is 5.32 Å². The molecule has 0 atom stereocenters. The summed E-state index contributed by atoms with van der Waals surface area (Å²) >= 11 is 2.23. The molecular formula is C22H16IN2O2+. The zero-order chi connectivity index (χ0) is 19.0. The fourth-order valence-electron chi connectivity index (χ4n) is 3.05. The molecule has 5 heteroatoms. The van der Waals surface area contributed by atoms with E-state index in [1.807, 2.05) is 43.3 Å². The number of allylic oxidation sites excluding steroid dienone is 2. The third-order valence-corrected chi connectivity index (χ3v) is 5.18. The van der Waals surface area contributed by atoms with Gasteiger partial charge in [0, 0.05) is 32.5 Å². The van der Waals surface area contributed by atoms with Crippen molar-refractivity contribution in [1.29, 1.82) is 0 Å². The van der Waals surface area contributed by atoms with Crippen LogP contribution in [0.5, 0.6) is 0 Å². The molecule has 0 aliphatic heterocycles. The standard InChI is InChI=1S/C22H15IN2O2/c1-14-10-12-25(13-11-14)20-19(24-16-8-6-15(23)7-9-16)21(26)17-4-2-3-5-18(17)22(20)27/h2-13H,1H3/p+1. The zero-order valence-corrected chi connectivity index (χ0v) is 16.7. The number of carbonyl (C=O) groups excluding carboxylic acids is 2. The number of aromatic nitrogens is 1. The minimum atomic E-state index is -0.188. The van der Waals surface area contributed by atoms with Gasteiger partial charge in [-0.1, -0.05) is 24.3 Å². The molecule has 1 aromatic heterocycles. The van der Waals surface area contributed by atoms with Gasteiger partial charge >= 0.3 is 0 Å². The highest BCUT2D eigenvalue weighted by Gasteiger charge is 2.38. The van der Waals surface area contributed by atoms with Crippen molar-refractivity contribution < 1.29 is 14.2 Å². The summed E-state index contributed by atoms with van der Waals surface area (Å²) in [5.41, 5.74) is 3.31. The van der Waals surface area contributed by atoms with Gasteiger partial charge in [-0.2, -0.15) is 4.57 Å².